The minimum absolute atomic E-state index is 0.106. The van der Waals surface area contributed by atoms with Crippen LogP contribution in [0.3, 0.4) is 0 Å². The van der Waals surface area contributed by atoms with E-state index in [1.165, 1.54) is 0 Å². The number of benzene rings is 1. The molecule has 1 fully saturated rings. The molecule has 2 atom stereocenters. The largest absolute Gasteiger partial charge is 0.444 e. The molecule has 0 radical (unpaired) electrons. The van der Waals surface area contributed by atoms with Gasteiger partial charge in [0.15, 0.2) is 0 Å². The lowest BCUT2D eigenvalue weighted by Crippen LogP contribution is -2.43. The number of anilines is 1. The number of carbonyl (C=O) groups is 1. The van der Waals surface area contributed by atoms with Crippen LogP contribution < -0.4 is 10.6 Å². The maximum atomic E-state index is 11.9. The zero-order valence-corrected chi connectivity index (χ0v) is 15.3. The first kappa shape index (κ1) is 18.2. The summed E-state index contributed by atoms with van der Waals surface area (Å²) in [6.45, 7) is 5.58. The van der Waals surface area contributed by atoms with E-state index in [4.69, 9.17) is 27.9 Å². The van der Waals surface area contributed by atoms with Crippen molar-refractivity contribution < 1.29 is 9.53 Å². The van der Waals surface area contributed by atoms with Crippen molar-refractivity contribution in [3.8, 4) is 0 Å². The lowest BCUT2D eigenvalue weighted by Gasteiger charge is -2.32. The molecule has 4 nitrogen and oxygen atoms in total. The maximum Gasteiger partial charge on any atom is 0.407 e. The third kappa shape index (κ3) is 5.78. The Morgan fingerprint density at radius 2 is 1.91 bits per heavy atom. The average Bonchev–Trinajstić information content (AvgIpc) is 2.42. The van der Waals surface area contributed by atoms with E-state index in [0.717, 1.165) is 31.4 Å². The Bertz CT molecular complexity index is 558. The van der Waals surface area contributed by atoms with Crippen LogP contribution in [0.25, 0.3) is 0 Å². The van der Waals surface area contributed by atoms with Crippen molar-refractivity contribution in [2.75, 3.05) is 5.32 Å². The Balaban J connectivity index is 1.91. The van der Waals surface area contributed by atoms with E-state index in [0.29, 0.717) is 10.0 Å². The van der Waals surface area contributed by atoms with Crippen LogP contribution in [0.5, 0.6) is 0 Å². The van der Waals surface area contributed by atoms with Crippen molar-refractivity contribution in [2.45, 2.75) is 64.1 Å². The molecular weight excluding hydrogens is 335 g/mol. The van der Waals surface area contributed by atoms with Crippen LogP contribution in [0.1, 0.15) is 46.5 Å². The summed E-state index contributed by atoms with van der Waals surface area (Å²) in [5.41, 5.74) is 0.354. The maximum absolute atomic E-state index is 11.9. The third-order valence-electron chi connectivity index (χ3n) is 3.71. The predicted octanol–water partition coefficient (Wildman–Crippen LogP) is 5.24. The second-order valence-electron chi connectivity index (χ2n) is 6.95. The molecule has 6 heteroatoms. The van der Waals surface area contributed by atoms with E-state index >= 15 is 0 Å². The molecular formula is C17H24Cl2N2O2. The van der Waals surface area contributed by atoms with Crippen molar-refractivity contribution in [3.05, 3.63) is 28.2 Å². The molecule has 128 valence electrons. The predicted molar refractivity (Wildman–Crippen MR) is 95.5 cm³/mol. The summed E-state index contributed by atoms with van der Waals surface area (Å²) >= 11 is 12.3. The Morgan fingerprint density at radius 3 is 2.61 bits per heavy atom. The number of ether oxygens (including phenoxy) is 1. The molecule has 2 unspecified atom stereocenters. The molecule has 1 saturated carbocycles. The van der Waals surface area contributed by atoms with Crippen molar-refractivity contribution >= 4 is 35.0 Å². The van der Waals surface area contributed by atoms with E-state index in [-0.39, 0.29) is 18.2 Å². The summed E-state index contributed by atoms with van der Waals surface area (Å²) in [6, 6.07) is 5.91. The van der Waals surface area contributed by atoms with Crippen LogP contribution in [0.2, 0.25) is 10.0 Å². The molecule has 0 aliphatic heterocycles. The number of rotatable bonds is 3. The second kappa shape index (κ2) is 7.63. The first-order valence-electron chi connectivity index (χ1n) is 7.94. The van der Waals surface area contributed by atoms with E-state index in [2.05, 4.69) is 10.6 Å². The van der Waals surface area contributed by atoms with Crippen molar-refractivity contribution in [1.29, 1.82) is 0 Å². The van der Waals surface area contributed by atoms with Crippen LogP contribution in [0, 0.1) is 0 Å². The highest BCUT2D eigenvalue weighted by molar-refractivity contribution is 6.43. The molecule has 0 heterocycles. The quantitative estimate of drug-likeness (QED) is 0.776. The SMILES string of the molecule is CC(C)(C)OC(=O)NC1CCCC(Nc2cccc(Cl)c2Cl)C1. The monoisotopic (exact) mass is 358 g/mol. The average molecular weight is 359 g/mol. The molecule has 0 aromatic heterocycles. The molecule has 1 amide bonds. The number of nitrogens with one attached hydrogen (secondary N) is 2. The van der Waals surface area contributed by atoms with Gasteiger partial charge in [-0.1, -0.05) is 29.3 Å². The summed E-state index contributed by atoms with van der Waals surface area (Å²) in [5, 5.41) is 7.47. The third-order valence-corrected chi connectivity index (χ3v) is 4.53. The lowest BCUT2D eigenvalue weighted by atomic mass is 9.91. The number of halogens is 2. The van der Waals surface area contributed by atoms with Gasteiger partial charge < -0.3 is 15.4 Å². The second-order valence-corrected chi connectivity index (χ2v) is 7.74. The lowest BCUT2D eigenvalue weighted by molar-refractivity contribution is 0.0492. The molecule has 0 spiro atoms. The Morgan fingerprint density at radius 1 is 1.22 bits per heavy atom. The Hall–Kier alpha value is -1.13. The van der Waals surface area contributed by atoms with Crippen LogP contribution in [-0.4, -0.2) is 23.8 Å². The normalized spacial score (nSPS) is 21.6. The van der Waals surface area contributed by atoms with Gasteiger partial charge in [0.05, 0.1) is 15.7 Å². The van der Waals surface area contributed by atoms with Crippen molar-refractivity contribution in [3.63, 3.8) is 0 Å². The van der Waals surface area contributed by atoms with Gasteiger partial charge in [-0.2, -0.15) is 0 Å². The van der Waals surface area contributed by atoms with Gasteiger partial charge >= 0.3 is 6.09 Å². The smallest absolute Gasteiger partial charge is 0.407 e. The topological polar surface area (TPSA) is 50.4 Å². The van der Waals surface area contributed by atoms with Crippen molar-refractivity contribution in [2.24, 2.45) is 0 Å². The molecule has 2 rings (SSSR count). The Kier molecular flexibility index (Phi) is 6.04. The fourth-order valence-corrected chi connectivity index (χ4v) is 3.12. The molecule has 1 aromatic rings. The van der Waals surface area contributed by atoms with Gasteiger partial charge in [0.2, 0.25) is 0 Å². The van der Waals surface area contributed by atoms with Gasteiger partial charge in [0.25, 0.3) is 0 Å². The number of amides is 1. The Labute approximate surface area is 147 Å². The molecule has 0 bridgehead atoms. The van der Waals surface area contributed by atoms with Crippen molar-refractivity contribution in [1.82, 2.24) is 5.32 Å². The molecule has 0 saturated heterocycles. The number of hydrogen-bond acceptors (Lipinski definition) is 3. The minimum Gasteiger partial charge on any atom is -0.444 e. The number of hydrogen-bond donors (Lipinski definition) is 2. The zero-order chi connectivity index (χ0) is 17.0. The van der Waals surface area contributed by atoms with Gasteiger partial charge in [-0.3, -0.25) is 0 Å². The standard InChI is InChI=1S/C17H24Cl2N2O2/c1-17(2,3)23-16(22)21-12-7-4-6-11(10-12)20-14-9-5-8-13(18)15(14)19/h5,8-9,11-12,20H,4,6-7,10H2,1-3H3,(H,21,22). The van der Waals surface area contributed by atoms with E-state index in [1.54, 1.807) is 6.07 Å². The molecule has 1 aliphatic carbocycles. The van der Waals surface area contributed by atoms with Crippen LogP contribution in [0.15, 0.2) is 18.2 Å². The molecule has 1 aromatic carbocycles. The van der Waals surface area contributed by atoms with Gasteiger partial charge in [0.1, 0.15) is 5.60 Å². The fraction of sp³-hybridized carbons (Fsp3) is 0.588. The summed E-state index contributed by atoms with van der Waals surface area (Å²) in [7, 11) is 0. The van der Waals surface area contributed by atoms with Crippen LogP contribution >= 0.6 is 23.2 Å². The summed E-state index contributed by atoms with van der Waals surface area (Å²) in [4.78, 5) is 11.9. The molecule has 23 heavy (non-hydrogen) atoms. The first-order valence-corrected chi connectivity index (χ1v) is 8.70. The zero-order valence-electron chi connectivity index (χ0n) is 13.8. The highest BCUT2D eigenvalue weighted by Crippen LogP contribution is 2.32. The number of alkyl carbamates (subject to hydrolysis) is 1. The van der Waals surface area contributed by atoms with E-state index < -0.39 is 5.60 Å². The highest BCUT2D eigenvalue weighted by atomic mass is 35.5. The number of carbonyl (C=O) groups excluding carboxylic acids is 1. The van der Waals surface area contributed by atoms with Gasteiger partial charge in [0, 0.05) is 12.1 Å². The van der Waals surface area contributed by atoms with E-state index in [9.17, 15) is 4.79 Å². The first-order chi connectivity index (χ1) is 10.7. The van der Waals surface area contributed by atoms with Gasteiger partial charge in [-0.15, -0.1) is 0 Å². The minimum atomic E-state index is -0.481. The highest BCUT2D eigenvalue weighted by Gasteiger charge is 2.25. The fourth-order valence-electron chi connectivity index (χ4n) is 2.76. The summed E-state index contributed by atoms with van der Waals surface area (Å²) < 4.78 is 5.32. The van der Waals surface area contributed by atoms with Gasteiger partial charge in [-0.25, -0.2) is 4.79 Å². The summed E-state index contributed by atoms with van der Waals surface area (Å²) in [5.74, 6) is 0. The summed E-state index contributed by atoms with van der Waals surface area (Å²) in [6.07, 6.45) is 3.51. The molecule has 2 N–H and O–H groups in total. The van der Waals surface area contributed by atoms with Crippen LogP contribution in [-0.2, 0) is 4.74 Å². The van der Waals surface area contributed by atoms with E-state index in [1.807, 2.05) is 32.9 Å². The van der Waals surface area contributed by atoms with Crippen LogP contribution in [0.4, 0.5) is 10.5 Å². The molecule has 1 aliphatic rings. The van der Waals surface area contributed by atoms with Gasteiger partial charge in [-0.05, 0) is 58.6 Å².